The van der Waals surface area contributed by atoms with E-state index in [1.807, 2.05) is 0 Å². The third-order valence-corrected chi connectivity index (χ3v) is 5.82. The molecule has 0 saturated heterocycles. The van der Waals surface area contributed by atoms with Crippen LogP contribution in [0.2, 0.25) is 0 Å². The number of carboxylic acids is 12. The molecule has 2 aliphatic rings. The Morgan fingerprint density at radius 2 is 0.487 bits per heavy atom. The van der Waals surface area contributed by atoms with E-state index in [0.29, 0.717) is 0 Å². The predicted octanol–water partition coefficient (Wildman–Crippen LogP) is -32.3. The zero-order valence-corrected chi connectivity index (χ0v) is 44.2. The molecular formula is C30H64Cr2Mn2N4O38+8. The summed E-state index contributed by atoms with van der Waals surface area (Å²) in [6.07, 6.45) is 2.48. The van der Waals surface area contributed by atoms with Gasteiger partial charge >= 0.3 is 68.9 Å². The van der Waals surface area contributed by atoms with E-state index in [2.05, 4.69) is 71.4 Å². The minimum Gasteiger partial charge on any atom is -0.543 e. The summed E-state index contributed by atoms with van der Waals surface area (Å²) >= 11 is 0. The molecule has 2 aliphatic heterocycles. The summed E-state index contributed by atoms with van der Waals surface area (Å²) < 4.78 is 4.73. The van der Waals surface area contributed by atoms with Crippen LogP contribution in [-0.4, -0.2) is 189 Å². The van der Waals surface area contributed by atoms with Crippen LogP contribution < -0.4 is 61.3 Å². The van der Waals surface area contributed by atoms with Crippen LogP contribution in [0.25, 0.3) is 0 Å². The Labute approximate surface area is 467 Å². The van der Waals surface area contributed by atoms with Crippen molar-refractivity contribution < 1.29 is 273 Å². The SMILES string of the molecule is CN1CCC[N+](C)=C1c1ccc(C2=[N+](C)CCCN2C)cc1.O.O.O.O.O.O.O=C([O-])C(=O)[O-].O=C([O-])C(=O)[O-].O=C([O-])C(=O)[O-].O=C([O-])C(=O)[O-].O=C([O-])C(=O)[O-].O=C([O-])C(=O)[O-].[Cr+2].[Cr+3].[Mn+2].[Mn+3].[OH3+].[OH3+].[OH3+].[OH3+].[OH3+].[OH3+].[OH3+].[OH3+]. The van der Waals surface area contributed by atoms with Crippen molar-refractivity contribution in [2.24, 2.45) is 0 Å². The monoisotopic (exact) mass is 1300 g/mol. The van der Waals surface area contributed by atoms with E-state index in [1.54, 1.807) is 0 Å². The van der Waals surface area contributed by atoms with Gasteiger partial charge in [-0.05, 0) is 24.3 Å². The van der Waals surface area contributed by atoms with Gasteiger partial charge in [-0.15, -0.1) is 0 Å². The van der Waals surface area contributed by atoms with E-state index >= 15 is 0 Å². The smallest absolute Gasteiger partial charge is 0.543 e. The largest absolute Gasteiger partial charge is 3.00 e. The maximum absolute atomic E-state index is 8.93. The second kappa shape index (κ2) is 77.2. The predicted molar refractivity (Wildman–Crippen MR) is 212 cm³/mol. The maximum atomic E-state index is 8.93. The zero-order chi connectivity index (χ0) is 46.6. The topological polar surface area (TPSA) is 947 Å². The summed E-state index contributed by atoms with van der Waals surface area (Å²) in [5.74, 6) is -23.5. The fourth-order valence-corrected chi connectivity index (χ4v) is 3.75. The van der Waals surface area contributed by atoms with E-state index in [-0.39, 0.29) is 146 Å². The van der Waals surface area contributed by atoms with E-state index in [4.69, 9.17) is 119 Å². The molecule has 450 valence electrons. The molecular weight excluding hydrogens is 1240 g/mol. The molecule has 1 aromatic rings. The quantitative estimate of drug-likeness (QED) is 0.115. The molecule has 0 aliphatic carbocycles. The van der Waals surface area contributed by atoms with Crippen LogP contribution in [0.3, 0.4) is 0 Å². The van der Waals surface area contributed by atoms with Crippen LogP contribution in [-0.2, 0) is 170 Å². The number of amidine groups is 2. The van der Waals surface area contributed by atoms with Crippen molar-refractivity contribution in [1.29, 1.82) is 0 Å². The minimum absolute atomic E-state index is 0. The standard InChI is InChI=1S/C18H28N4.6C2H2O4.2Cr.2Mn.14H2O/c1-19-11-5-12-20(2)17(19)15-7-9-16(10-8-15)18-21(3)13-6-14-22(18)4;6*3-1(4)2(5)6;;;;;;;;;;;;;;;;;;/h7-10H,5-6,11-14H2,1-4H3;6*(H,3,4)(H,5,6);;;;;14*1H2/q+2;;;;;;;+2;+3;+2;+3;;;;;;;;;;;;;;/p-4. The average Bonchev–Trinajstić information content (AvgIpc) is 3.10. The molecule has 36 N–H and O–H groups in total. The molecule has 2 heterocycles. The minimum atomic E-state index is -2.19. The summed E-state index contributed by atoms with van der Waals surface area (Å²) in [6, 6.07) is 9.08. The number of rotatable bonds is 2. The van der Waals surface area contributed by atoms with E-state index < -0.39 is 71.6 Å². The van der Waals surface area contributed by atoms with Crippen molar-refractivity contribution in [2.75, 3.05) is 54.4 Å². The van der Waals surface area contributed by atoms with Gasteiger partial charge in [0.15, 0.2) is 0 Å². The summed E-state index contributed by atoms with van der Waals surface area (Å²) in [6.45, 7) is 4.57. The van der Waals surface area contributed by atoms with Crippen molar-refractivity contribution in [2.45, 2.75) is 12.8 Å². The molecule has 0 amide bonds. The fraction of sp³-hybridized carbons (Fsp3) is 0.333. The third-order valence-electron chi connectivity index (χ3n) is 5.82. The molecule has 2 radical (unpaired) electrons. The van der Waals surface area contributed by atoms with Gasteiger partial charge in [-0.25, -0.2) is 0 Å². The van der Waals surface area contributed by atoms with Crippen LogP contribution in [0.1, 0.15) is 24.0 Å². The molecule has 42 nitrogen and oxygen atoms in total. The van der Waals surface area contributed by atoms with Gasteiger partial charge in [-0.3, -0.25) is 19.0 Å². The van der Waals surface area contributed by atoms with Gasteiger partial charge in [0.05, 0.1) is 137 Å². The number of carbonyl (C=O) groups is 12. The summed E-state index contributed by atoms with van der Waals surface area (Å²) in [7, 11) is 8.76. The van der Waals surface area contributed by atoms with Crippen LogP contribution in [0.4, 0.5) is 0 Å². The van der Waals surface area contributed by atoms with Crippen molar-refractivity contribution in [3.8, 4) is 0 Å². The number of carboxylic acid groups (broad SMARTS) is 12. The third kappa shape index (κ3) is 73.9. The maximum Gasteiger partial charge on any atom is 3.00 e. The molecule has 76 heavy (non-hydrogen) atoms. The number of nitrogens with zero attached hydrogens (tertiary/aromatic N) is 4. The summed E-state index contributed by atoms with van der Waals surface area (Å²) in [4.78, 5) is 112. The molecule has 0 aromatic heterocycles. The number of aliphatic carboxylic acids is 12. The van der Waals surface area contributed by atoms with Crippen molar-refractivity contribution in [3.05, 3.63) is 35.4 Å². The first-order valence-corrected chi connectivity index (χ1v) is 14.7. The Morgan fingerprint density at radius 3 is 0.579 bits per heavy atom. The molecule has 0 atom stereocenters. The van der Waals surface area contributed by atoms with Crippen LogP contribution in [0.5, 0.6) is 0 Å². The Kier molecular flexibility index (Phi) is 147. The second-order valence-electron chi connectivity index (χ2n) is 10.1. The number of hydrogen-bond donors (Lipinski definition) is 0. The number of benzene rings is 1. The van der Waals surface area contributed by atoms with Gasteiger partial charge in [0.1, 0.15) is 0 Å². The normalized spacial score (nSPS) is 9.26. The van der Waals surface area contributed by atoms with Crippen LogP contribution in [0.15, 0.2) is 24.3 Å². The Balaban J connectivity index is -0.0000000236. The molecule has 3 rings (SSSR count). The second-order valence-corrected chi connectivity index (χ2v) is 10.1. The molecule has 1 aromatic carbocycles. The van der Waals surface area contributed by atoms with E-state index in [0.717, 1.165) is 26.2 Å². The fourth-order valence-electron chi connectivity index (χ4n) is 3.75. The Morgan fingerprint density at radius 1 is 0.368 bits per heavy atom. The summed E-state index contributed by atoms with van der Waals surface area (Å²) in [5.41, 5.74) is 2.63. The zero-order valence-electron chi connectivity index (χ0n) is 39.3. The van der Waals surface area contributed by atoms with Crippen molar-refractivity contribution in [3.63, 3.8) is 0 Å². The van der Waals surface area contributed by atoms with Crippen molar-refractivity contribution >= 4 is 83.3 Å². The molecule has 0 saturated carbocycles. The van der Waals surface area contributed by atoms with Gasteiger partial charge in [0, 0.05) is 12.8 Å². The first kappa shape index (κ1) is 145. The first-order chi connectivity index (χ1) is 26.4. The van der Waals surface area contributed by atoms with Gasteiger partial charge in [0.25, 0.3) is 11.7 Å². The van der Waals surface area contributed by atoms with E-state index in [1.165, 1.54) is 35.6 Å². The Hall–Kier alpha value is -6.66. The number of carbonyl (C=O) groups excluding carboxylic acids is 12. The molecule has 0 fully saturated rings. The molecule has 0 bridgehead atoms. The van der Waals surface area contributed by atoms with E-state index in [9.17, 15) is 0 Å². The first-order valence-electron chi connectivity index (χ1n) is 14.7. The van der Waals surface area contributed by atoms with Crippen LogP contribution >= 0.6 is 0 Å². The van der Waals surface area contributed by atoms with Gasteiger partial charge in [-0.1, -0.05) is 0 Å². The molecule has 0 spiro atoms. The van der Waals surface area contributed by atoms with Gasteiger partial charge in [-0.2, -0.15) is 0 Å². The van der Waals surface area contributed by atoms with Gasteiger partial charge in [0.2, 0.25) is 0 Å². The summed E-state index contributed by atoms with van der Waals surface area (Å²) in [5, 5.41) is 107. The van der Waals surface area contributed by atoms with Gasteiger partial charge < -0.3 is 195 Å². The average molecular weight is 1300 g/mol. The molecule has 46 heteroatoms. The number of hydrogen-bond acceptors (Lipinski definition) is 26. The van der Waals surface area contributed by atoms with Crippen molar-refractivity contribution in [1.82, 2.24) is 9.80 Å². The Bertz CT molecular complexity index is 1490. The van der Waals surface area contributed by atoms with Crippen LogP contribution in [0, 0.1) is 0 Å². The molecule has 0 unspecified atom stereocenters.